The van der Waals surface area contributed by atoms with Gasteiger partial charge >= 0.3 is 0 Å². The SMILES string of the molecule is CNc1ccc(OCc2nonc2C)cc1. The smallest absolute Gasteiger partial charge is 0.145 e. The van der Waals surface area contributed by atoms with Crippen molar-refractivity contribution in [3.63, 3.8) is 0 Å². The fraction of sp³-hybridized carbons (Fsp3) is 0.273. The quantitative estimate of drug-likeness (QED) is 0.852. The lowest BCUT2D eigenvalue weighted by Gasteiger charge is -2.05. The van der Waals surface area contributed by atoms with Crippen LogP contribution in [0.5, 0.6) is 5.75 Å². The van der Waals surface area contributed by atoms with E-state index in [1.165, 1.54) is 0 Å². The summed E-state index contributed by atoms with van der Waals surface area (Å²) in [7, 11) is 1.88. The van der Waals surface area contributed by atoms with Gasteiger partial charge in [0.25, 0.3) is 0 Å². The van der Waals surface area contributed by atoms with Crippen molar-refractivity contribution in [2.45, 2.75) is 13.5 Å². The van der Waals surface area contributed by atoms with Crippen LogP contribution in [0.15, 0.2) is 28.9 Å². The highest BCUT2D eigenvalue weighted by atomic mass is 16.6. The summed E-state index contributed by atoms with van der Waals surface area (Å²) < 4.78 is 10.1. The van der Waals surface area contributed by atoms with Gasteiger partial charge in [0.15, 0.2) is 0 Å². The lowest BCUT2D eigenvalue weighted by molar-refractivity contribution is 0.270. The highest BCUT2D eigenvalue weighted by Gasteiger charge is 2.05. The highest BCUT2D eigenvalue weighted by Crippen LogP contribution is 2.16. The van der Waals surface area contributed by atoms with E-state index in [1.54, 1.807) is 0 Å². The molecule has 2 aromatic rings. The van der Waals surface area contributed by atoms with Gasteiger partial charge in [0.1, 0.15) is 23.7 Å². The van der Waals surface area contributed by atoms with Crippen LogP contribution in [0.25, 0.3) is 0 Å². The van der Waals surface area contributed by atoms with Gasteiger partial charge in [-0.2, -0.15) is 0 Å². The summed E-state index contributed by atoms with van der Waals surface area (Å²) in [4.78, 5) is 0. The fourth-order valence-electron chi connectivity index (χ4n) is 1.25. The Kier molecular flexibility index (Phi) is 3.05. The summed E-state index contributed by atoms with van der Waals surface area (Å²) in [5.74, 6) is 0.793. The normalized spacial score (nSPS) is 10.1. The number of ether oxygens (including phenoxy) is 1. The molecule has 0 radical (unpaired) electrons. The maximum atomic E-state index is 5.54. The van der Waals surface area contributed by atoms with Crippen LogP contribution in [0.2, 0.25) is 0 Å². The molecule has 0 spiro atoms. The zero-order valence-electron chi connectivity index (χ0n) is 9.23. The zero-order chi connectivity index (χ0) is 11.4. The minimum atomic E-state index is 0.369. The Morgan fingerprint density at radius 2 is 2.00 bits per heavy atom. The highest BCUT2D eigenvalue weighted by molar-refractivity contribution is 5.45. The summed E-state index contributed by atoms with van der Waals surface area (Å²) in [6, 6.07) is 7.69. The summed E-state index contributed by atoms with van der Waals surface area (Å²) >= 11 is 0. The molecule has 0 fully saturated rings. The van der Waals surface area contributed by atoms with Crippen LogP contribution >= 0.6 is 0 Å². The molecule has 0 atom stereocenters. The molecule has 16 heavy (non-hydrogen) atoms. The molecule has 1 N–H and O–H groups in total. The molecule has 84 valence electrons. The molecule has 0 bridgehead atoms. The molecule has 0 aliphatic rings. The Labute approximate surface area is 93.4 Å². The van der Waals surface area contributed by atoms with Crippen molar-refractivity contribution in [2.75, 3.05) is 12.4 Å². The van der Waals surface area contributed by atoms with Crippen LogP contribution in [0.1, 0.15) is 11.4 Å². The van der Waals surface area contributed by atoms with Crippen LogP contribution in [0.3, 0.4) is 0 Å². The molecule has 0 saturated heterocycles. The molecule has 0 unspecified atom stereocenters. The molecule has 0 aliphatic heterocycles. The van der Waals surface area contributed by atoms with Crippen molar-refractivity contribution in [1.29, 1.82) is 0 Å². The molecule has 5 nitrogen and oxygen atoms in total. The maximum Gasteiger partial charge on any atom is 0.145 e. The first-order valence-corrected chi connectivity index (χ1v) is 4.98. The van der Waals surface area contributed by atoms with Gasteiger partial charge in [-0.25, -0.2) is 4.63 Å². The molecule has 2 rings (SSSR count). The standard InChI is InChI=1S/C11H13N3O2/c1-8-11(14-16-13-8)7-15-10-5-3-9(12-2)4-6-10/h3-6,12H,7H2,1-2H3. The second kappa shape index (κ2) is 4.65. The second-order valence-electron chi connectivity index (χ2n) is 3.36. The van der Waals surface area contributed by atoms with Gasteiger partial charge in [-0.3, -0.25) is 0 Å². The Bertz CT molecular complexity index is 451. The number of benzene rings is 1. The van der Waals surface area contributed by atoms with Crippen molar-refractivity contribution < 1.29 is 9.37 Å². The lowest BCUT2D eigenvalue weighted by atomic mass is 10.3. The molecule has 0 saturated carbocycles. The Hall–Kier alpha value is -2.04. The van der Waals surface area contributed by atoms with Gasteiger partial charge in [0.2, 0.25) is 0 Å². The number of hydrogen-bond donors (Lipinski definition) is 1. The third-order valence-corrected chi connectivity index (χ3v) is 2.26. The number of anilines is 1. The number of rotatable bonds is 4. The molecular weight excluding hydrogens is 206 g/mol. The maximum absolute atomic E-state index is 5.54. The van der Waals surface area contributed by atoms with Crippen molar-refractivity contribution >= 4 is 5.69 Å². The first-order chi connectivity index (χ1) is 7.79. The van der Waals surface area contributed by atoms with E-state index < -0.39 is 0 Å². The van der Waals surface area contributed by atoms with Gasteiger partial charge in [-0.05, 0) is 31.2 Å². The van der Waals surface area contributed by atoms with Gasteiger partial charge in [0.05, 0.1) is 0 Å². The number of aromatic nitrogens is 2. The number of nitrogens with zero attached hydrogens (tertiary/aromatic N) is 2. The van der Waals surface area contributed by atoms with Crippen LogP contribution < -0.4 is 10.1 Å². The Morgan fingerprint density at radius 3 is 2.56 bits per heavy atom. The Balaban J connectivity index is 1.97. The summed E-state index contributed by atoms with van der Waals surface area (Å²) in [5, 5.41) is 10.5. The largest absolute Gasteiger partial charge is 0.487 e. The zero-order valence-corrected chi connectivity index (χ0v) is 9.23. The summed E-state index contributed by atoms with van der Waals surface area (Å²) in [5.41, 5.74) is 2.52. The predicted molar refractivity (Wildman–Crippen MR) is 59.4 cm³/mol. The van der Waals surface area contributed by atoms with E-state index in [4.69, 9.17) is 4.74 Å². The van der Waals surface area contributed by atoms with E-state index in [0.717, 1.165) is 22.8 Å². The Morgan fingerprint density at radius 1 is 1.25 bits per heavy atom. The van der Waals surface area contributed by atoms with Gasteiger partial charge in [-0.1, -0.05) is 10.3 Å². The van der Waals surface area contributed by atoms with E-state index in [9.17, 15) is 0 Å². The van der Waals surface area contributed by atoms with E-state index >= 15 is 0 Å². The first kappa shape index (κ1) is 10.5. The average Bonchev–Trinajstić information content (AvgIpc) is 2.73. The molecule has 0 amide bonds. The summed E-state index contributed by atoms with van der Waals surface area (Å²) in [6.45, 7) is 2.20. The second-order valence-corrected chi connectivity index (χ2v) is 3.36. The molecule has 1 aromatic heterocycles. The van der Waals surface area contributed by atoms with Crippen molar-refractivity contribution in [3.05, 3.63) is 35.7 Å². The molecule has 5 heteroatoms. The minimum Gasteiger partial charge on any atom is -0.487 e. The van der Waals surface area contributed by atoms with Crippen molar-refractivity contribution in [2.24, 2.45) is 0 Å². The first-order valence-electron chi connectivity index (χ1n) is 4.98. The van der Waals surface area contributed by atoms with E-state index in [0.29, 0.717) is 6.61 Å². The number of aryl methyl sites for hydroxylation is 1. The number of nitrogens with one attached hydrogen (secondary N) is 1. The topological polar surface area (TPSA) is 60.2 Å². The monoisotopic (exact) mass is 219 g/mol. The average molecular weight is 219 g/mol. The summed E-state index contributed by atoms with van der Waals surface area (Å²) in [6.07, 6.45) is 0. The van der Waals surface area contributed by atoms with Gasteiger partial charge in [0, 0.05) is 12.7 Å². The van der Waals surface area contributed by atoms with Gasteiger partial charge in [-0.15, -0.1) is 0 Å². The van der Waals surface area contributed by atoms with E-state index in [2.05, 4.69) is 20.3 Å². The van der Waals surface area contributed by atoms with Crippen molar-refractivity contribution in [3.8, 4) is 5.75 Å². The lowest BCUT2D eigenvalue weighted by Crippen LogP contribution is -1.97. The third kappa shape index (κ3) is 2.31. The van der Waals surface area contributed by atoms with Crippen LogP contribution in [0.4, 0.5) is 5.69 Å². The molecule has 0 aliphatic carbocycles. The van der Waals surface area contributed by atoms with E-state index in [1.807, 2.05) is 38.2 Å². The van der Waals surface area contributed by atoms with Crippen LogP contribution in [-0.2, 0) is 6.61 Å². The fourth-order valence-corrected chi connectivity index (χ4v) is 1.25. The minimum absolute atomic E-state index is 0.369. The van der Waals surface area contributed by atoms with Crippen LogP contribution in [0, 0.1) is 6.92 Å². The van der Waals surface area contributed by atoms with E-state index in [-0.39, 0.29) is 0 Å². The molecule has 1 heterocycles. The molecule has 1 aromatic carbocycles. The molecular formula is C11H13N3O2. The predicted octanol–water partition coefficient (Wildman–Crippen LogP) is 2.00. The van der Waals surface area contributed by atoms with Crippen molar-refractivity contribution in [1.82, 2.24) is 10.3 Å². The third-order valence-electron chi connectivity index (χ3n) is 2.26. The van der Waals surface area contributed by atoms with Crippen LogP contribution in [-0.4, -0.2) is 17.4 Å². The van der Waals surface area contributed by atoms with Gasteiger partial charge < -0.3 is 10.1 Å². The number of hydrogen-bond acceptors (Lipinski definition) is 5.